The molecule has 3 rings (SSSR count). The van der Waals surface area contributed by atoms with Crippen molar-refractivity contribution in [1.82, 2.24) is 5.43 Å². The molecule has 1 heterocycles. The van der Waals surface area contributed by atoms with E-state index < -0.39 is 17.6 Å². The fourth-order valence-corrected chi connectivity index (χ4v) is 4.49. The smallest absolute Gasteiger partial charge is 0.366 e. The quantitative estimate of drug-likeness (QED) is 0.442. The summed E-state index contributed by atoms with van der Waals surface area (Å²) in [5.41, 5.74) is 4.13. The van der Waals surface area contributed by atoms with E-state index in [0.717, 1.165) is 36.3 Å². The molecular weight excluding hydrogens is 427 g/mol. The lowest BCUT2D eigenvalue weighted by Gasteiger charge is -2.47. The third kappa shape index (κ3) is 4.87. The standard InChI is InChI=1S/C23H25ClF3N3O/c1-5-30-20-11-19(24)16(10-18(20)14(2)12-22(30,3)4)13-28-29-21(31)15-7-6-8-17(9-15)23(25,26)27/h6-11,13-14H,5,12H2,1-4H3,(H,29,31)/b28-13-. The fourth-order valence-electron chi connectivity index (χ4n) is 4.28. The Morgan fingerprint density at radius 3 is 2.68 bits per heavy atom. The number of fused-ring (bicyclic) bond motifs is 1. The maximum absolute atomic E-state index is 12.8. The molecular formula is C23H25ClF3N3O. The van der Waals surface area contributed by atoms with Gasteiger partial charge in [0.05, 0.1) is 16.8 Å². The summed E-state index contributed by atoms with van der Waals surface area (Å²) in [7, 11) is 0. The number of rotatable bonds is 4. The van der Waals surface area contributed by atoms with Gasteiger partial charge < -0.3 is 4.90 Å². The number of amides is 1. The Balaban J connectivity index is 1.81. The third-order valence-electron chi connectivity index (χ3n) is 5.64. The van der Waals surface area contributed by atoms with Gasteiger partial charge in [-0.2, -0.15) is 18.3 Å². The van der Waals surface area contributed by atoms with Crippen molar-refractivity contribution in [2.24, 2.45) is 5.10 Å². The lowest BCUT2D eigenvalue weighted by Crippen LogP contribution is -2.48. The van der Waals surface area contributed by atoms with Crippen molar-refractivity contribution in [3.05, 3.63) is 63.7 Å². The van der Waals surface area contributed by atoms with Crippen LogP contribution in [0.1, 0.15) is 67.1 Å². The monoisotopic (exact) mass is 451 g/mol. The highest BCUT2D eigenvalue weighted by atomic mass is 35.5. The number of hydrazone groups is 1. The molecule has 4 nitrogen and oxygen atoms in total. The van der Waals surface area contributed by atoms with Crippen LogP contribution in [0.4, 0.5) is 18.9 Å². The summed E-state index contributed by atoms with van der Waals surface area (Å²) < 4.78 is 38.5. The normalized spacial score (nSPS) is 18.2. The first kappa shape index (κ1) is 23.1. The first-order valence-corrected chi connectivity index (χ1v) is 10.4. The molecule has 1 atom stereocenters. The highest BCUT2D eigenvalue weighted by molar-refractivity contribution is 6.33. The SMILES string of the molecule is CCN1c2cc(Cl)c(/C=N\NC(=O)c3cccc(C(F)(F)F)c3)cc2C(C)CC1(C)C. The molecule has 31 heavy (non-hydrogen) atoms. The molecule has 2 aromatic carbocycles. The van der Waals surface area contributed by atoms with Crippen LogP contribution in [-0.4, -0.2) is 24.2 Å². The Kier molecular flexibility index (Phi) is 6.37. The lowest BCUT2D eigenvalue weighted by molar-refractivity contribution is -0.137. The van der Waals surface area contributed by atoms with Gasteiger partial charge in [-0.05, 0) is 69.0 Å². The van der Waals surface area contributed by atoms with Crippen LogP contribution in [0.5, 0.6) is 0 Å². The van der Waals surface area contributed by atoms with Gasteiger partial charge in [0.25, 0.3) is 5.91 Å². The van der Waals surface area contributed by atoms with E-state index in [1.807, 2.05) is 12.1 Å². The number of anilines is 1. The van der Waals surface area contributed by atoms with Crippen LogP contribution in [0.2, 0.25) is 5.02 Å². The molecule has 0 spiro atoms. The number of halogens is 4. The van der Waals surface area contributed by atoms with Crippen LogP contribution in [0.15, 0.2) is 41.5 Å². The molecule has 1 aliphatic rings. The van der Waals surface area contributed by atoms with Gasteiger partial charge >= 0.3 is 6.18 Å². The Labute approximate surface area is 185 Å². The van der Waals surface area contributed by atoms with Crippen molar-refractivity contribution in [2.45, 2.75) is 51.7 Å². The summed E-state index contributed by atoms with van der Waals surface area (Å²) in [4.78, 5) is 14.5. The minimum Gasteiger partial charge on any atom is -0.366 e. The molecule has 0 fully saturated rings. The van der Waals surface area contributed by atoms with E-state index in [0.29, 0.717) is 16.5 Å². The number of carbonyl (C=O) groups excluding carboxylic acids is 1. The van der Waals surface area contributed by atoms with Crippen LogP contribution >= 0.6 is 11.6 Å². The molecule has 8 heteroatoms. The van der Waals surface area contributed by atoms with Crippen molar-refractivity contribution in [3.8, 4) is 0 Å². The summed E-state index contributed by atoms with van der Waals surface area (Å²) in [5.74, 6) is -0.416. The number of benzene rings is 2. The second kappa shape index (κ2) is 8.54. The molecule has 166 valence electrons. The van der Waals surface area contributed by atoms with E-state index in [1.165, 1.54) is 18.3 Å². The number of carbonyl (C=O) groups is 1. The predicted octanol–water partition coefficient (Wildman–Crippen LogP) is 6.23. The second-order valence-electron chi connectivity index (χ2n) is 8.37. The molecule has 2 aromatic rings. The average molecular weight is 452 g/mol. The predicted molar refractivity (Wildman–Crippen MR) is 118 cm³/mol. The molecule has 1 aliphatic heterocycles. The second-order valence-corrected chi connectivity index (χ2v) is 8.78. The maximum atomic E-state index is 12.8. The number of hydrogen-bond donors (Lipinski definition) is 1. The van der Waals surface area contributed by atoms with Crippen LogP contribution in [0.25, 0.3) is 0 Å². The average Bonchev–Trinajstić information content (AvgIpc) is 2.68. The van der Waals surface area contributed by atoms with Gasteiger partial charge in [-0.1, -0.05) is 24.6 Å². The fraction of sp³-hybridized carbons (Fsp3) is 0.391. The highest BCUT2D eigenvalue weighted by Crippen LogP contribution is 2.44. The van der Waals surface area contributed by atoms with Crippen LogP contribution in [-0.2, 0) is 6.18 Å². The zero-order chi connectivity index (χ0) is 23.0. The number of nitrogens with zero attached hydrogens (tertiary/aromatic N) is 2. The van der Waals surface area contributed by atoms with Gasteiger partial charge in [0.1, 0.15) is 0 Å². The molecule has 0 aliphatic carbocycles. The van der Waals surface area contributed by atoms with Gasteiger partial charge in [0, 0.05) is 28.9 Å². The van der Waals surface area contributed by atoms with Crippen LogP contribution in [0, 0.1) is 0 Å². The van der Waals surface area contributed by atoms with Gasteiger partial charge in [-0.25, -0.2) is 5.43 Å². The molecule has 1 N–H and O–H groups in total. The van der Waals surface area contributed by atoms with Gasteiger partial charge in [0.2, 0.25) is 0 Å². The summed E-state index contributed by atoms with van der Waals surface area (Å²) in [6.45, 7) is 9.54. The van der Waals surface area contributed by atoms with Gasteiger partial charge in [-0.15, -0.1) is 0 Å². The van der Waals surface area contributed by atoms with Crippen LogP contribution in [0.3, 0.4) is 0 Å². The Morgan fingerprint density at radius 1 is 1.32 bits per heavy atom. The van der Waals surface area contributed by atoms with E-state index >= 15 is 0 Å². The van der Waals surface area contributed by atoms with Crippen molar-refractivity contribution < 1.29 is 18.0 Å². The Bertz CT molecular complexity index is 1020. The molecule has 0 aromatic heterocycles. The summed E-state index contributed by atoms with van der Waals surface area (Å²) in [6.07, 6.45) is -2.12. The number of hydrogen-bond acceptors (Lipinski definition) is 3. The summed E-state index contributed by atoms with van der Waals surface area (Å²) in [6, 6.07) is 8.06. The molecule has 0 bridgehead atoms. The summed E-state index contributed by atoms with van der Waals surface area (Å²) >= 11 is 6.47. The van der Waals surface area contributed by atoms with E-state index in [9.17, 15) is 18.0 Å². The third-order valence-corrected chi connectivity index (χ3v) is 5.97. The van der Waals surface area contributed by atoms with E-state index in [1.54, 1.807) is 0 Å². The zero-order valence-corrected chi connectivity index (χ0v) is 18.6. The lowest BCUT2D eigenvalue weighted by atomic mass is 9.79. The van der Waals surface area contributed by atoms with Crippen LogP contribution < -0.4 is 10.3 Å². The number of nitrogens with one attached hydrogen (secondary N) is 1. The van der Waals surface area contributed by atoms with E-state index in [2.05, 4.69) is 43.1 Å². The maximum Gasteiger partial charge on any atom is 0.416 e. The molecule has 0 saturated carbocycles. The highest BCUT2D eigenvalue weighted by Gasteiger charge is 2.36. The van der Waals surface area contributed by atoms with Crippen molar-refractivity contribution >= 4 is 29.4 Å². The minimum absolute atomic E-state index is 0.0129. The molecule has 1 unspecified atom stereocenters. The molecule has 0 radical (unpaired) electrons. The molecule has 1 amide bonds. The molecule has 0 saturated heterocycles. The minimum atomic E-state index is -4.52. The summed E-state index contributed by atoms with van der Waals surface area (Å²) in [5, 5.41) is 4.39. The van der Waals surface area contributed by atoms with Crippen molar-refractivity contribution in [1.29, 1.82) is 0 Å². The van der Waals surface area contributed by atoms with Gasteiger partial charge in [0.15, 0.2) is 0 Å². The topological polar surface area (TPSA) is 44.7 Å². The Morgan fingerprint density at radius 2 is 2.03 bits per heavy atom. The van der Waals surface area contributed by atoms with Crippen molar-refractivity contribution in [2.75, 3.05) is 11.4 Å². The first-order chi connectivity index (χ1) is 14.4. The Hall–Kier alpha value is -2.54. The number of alkyl halides is 3. The largest absolute Gasteiger partial charge is 0.416 e. The van der Waals surface area contributed by atoms with E-state index in [4.69, 9.17) is 11.6 Å². The zero-order valence-electron chi connectivity index (χ0n) is 17.8. The van der Waals surface area contributed by atoms with E-state index in [-0.39, 0.29) is 11.1 Å². The van der Waals surface area contributed by atoms with Crippen molar-refractivity contribution in [3.63, 3.8) is 0 Å². The van der Waals surface area contributed by atoms with Gasteiger partial charge in [-0.3, -0.25) is 4.79 Å². The first-order valence-electron chi connectivity index (χ1n) is 10.1.